The van der Waals surface area contributed by atoms with Crippen LogP contribution in [0.2, 0.25) is 0 Å². The molecular formula is C44H44N4O2Pd. The summed E-state index contributed by atoms with van der Waals surface area (Å²) in [7, 11) is 1.66. The van der Waals surface area contributed by atoms with Gasteiger partial charge < -0.3 is 14.0 Å². The number of pyridine rings is 1. The van der Waals surface area contributed by atoms with Crippen molar-refractivity contribution in [3.63, 3.8) is 0 Å². The van der Waals surface area contributed by atoms with Crippen LogP contribution in [-0.2, 0) is 31.3 Å². The molecule has 0 spiro atoms. The van der Waals surface area contributed by atoms with Gasteiger partial charge in [-0.25, -0.2) is 4.98 Å². The van der Waals surface area contributed by atoms with E-state index in [0.29, 0.717) is 11.5 Å². The summed E-state index contributed by atoms with van der Waals surface area (Å²) in [6, 6.07) is 34.0. The predicted octanol–water partition coefficient (Wildman–Crippen LogP) is 11.0. The summed E-state index contributed by atoms with van der Waals surface area (Å²) in [6.45, 7) is 20.0. The molecule has 7 rings (SSSR count). The Bertz CT molecular complexity index is 2390. The van der Waals surface area contributed by atoms with Crippen molar-refractivity contribution in [1.29, 1.82) is 0 Å². The zero-order chi connectivity index (χ0) is 35.5. The number of fused-ring (bicyclic) bond motifs is 3. The molecule has 0 saturated heterocycles. The minimum absolute atomic E-state index is 0. The normalized spacial score (nSPS) is 12.0. The van der Waals surface area contributed by atoms with Gasteiger partial charge in [-0.05, 0) is 53.7 Å². The second-order valence-electron chi connectivity index (χ2n) is 15.3. The monoisotopic (exact) mass is 766 g/mol. The maximum absolute atomic E-state index is 6.60. The fourth-order valence-corrected chi connectivity index (χ4v) is 7.03. The molecule has 0 radical (unpaired) electrons. The summed E-state index contributed by atoms with van der Waals surface area (Å²) in [6.07, 6.45) is 1.76. The standard InChI is InChI=1S/C44H44N4O2.Pd/c1-27-22-30(48-42(44(7,8)9)40(41(46-48)43(4,5)6)39-28(2)14-13-15-29(39)3)24-33(23-27)50-32-18-19-35-34-16-11-12-17-36(34)47(37(35)25-32)38-26-31(49-10)20-21-45-38;/h11-23,26H,1-10H3;/q-2;+2. The minimum atomic E-state index is -0.223. The summed E-state index contributed by atoms with van der Waals surface area (Å²) < 4.78 is 16.3. The maximum atomic E-state index is 6.60. The minimum Gasteiger partial charge on any atom is -0.509 e. The molecule has 0 atom stereocenters. The average Bonchev–Trinajstić information content (AvgIpc) is 3.62. The molecule has 0 aliphatic heterocycles. The number of ether oxygens (including phenoxy) is 2. The molecule has 0 N–H and O–H groups in total. The number of rotatable bonds is 6. The molecular weight excluding hydrogens is 723 g/mol. The SMILES string of the molecule is COc1ccnc(-n2c3[c-]c(Oc4[c-]c(-n5nc(C(C)(C)C)c(-c6c(C)cccc6C)c5C(C)(C)C)cc(C)c4)ccc3c3ccccc32)c1.[Pd+2]. The summed E-state index contributed by atoms with van der Waals surface area (Å²) in [5.41, 5.74) is 10.5. The van der Waals surface area contributed by atoms with Crippen LogP contribution in [0.5, 0.6) is 17.2 Å². The van der Waals surface area contributed by atoms with Crippen molar-refractivity contribution in [2.24, 2.45) is 0 Å². The van der Waals surface area contributed by atoms with Crippen molar-refractivity contribution >= 4 is 21.8 Å². The molecule has 7 heteroatoms. The third kappa shape index (κ3) is 6.62. The number of aryl methyl sites for hydroxylation is 3. The van der Waals surface area contributed by atoms with Crippen LogP contribution in [0.25, 0.3) is 44.4 Å². The van der Waals surface area contributed by atoms with Gasteiger partial charge in [0.25, 0.3) is 0 Å². The molecule has 4 aromatic carbocycles. The quantitative estimate of drug-likeness (QED) is 0.125. The average molecular weight is 767 g/mol. The van der Waals surface area contributed by atoms with Gasteiger partial charge in [0.15, 0.2) is 0 Å². The summed E-state index contributed by atoms with van der Waals surface area (Å²) in [4.78, 5) is 4.69. The Morgan fingerprint density at radius 3 is 2.12 bits per heavy atom. The largest absolute Gasteiger partial charge is 2.00 e. The van der Waals surface area contributed by atoms with Crippen molar-refractivity contribution in [3.8, 4) is 39.9 Å². The number of para-hydroxylation sites is 1. The molecule has 262 valence electrons. The van der Waals surface area contributed by atoms with Crippen LogP contribution in [0, 0.1) is 32.9 Å². The van der Waals surface area contributed by atoms with E-state index in [0.717, 1.165) is 56.0 Å². The Hall–Kier alpha value is -4.70. The van der Waals surface area contributed by atoms with Crippen molar-refractivity contribution < 1.29 is 29.9 Å². The smallest absolute Gasteiger partial charge is 0.509 e. The molecule has 0 unspecified atom stereocenters. The van der Waals surface area contributed by atoms with Crippen molar-refractivity contribution in [2.45, 2.75) is 73.1 Å². The first-order chi connectivity index (χ1) is 23.7. The Morgan fingerprint density at radius 2 is 1.43 bits per heavy atom. The van der Waals surface area contributed by atoms with Crippen LogP contribution in [0.15, 0.2) is 85.1 Å². The molecule has 0 bridgehead atoms. The van der Waals surface area contributed by atoms with Crippen LogP contribution in [0.1, 0.15) is 69.6 Å². The molecule has 0 aliphatic carbocycles. The van der Waals surface area contributed by atoms with E-state index < -0.39 is 0 Å². The van der Waals surface area contributed by atoms with Gasteiger partial charge in [0.1, 0.15) is 11.6 Å². The third-order valence-corrected chi connectivity index (χ3v) is 9.20. The third-order valence-electron chi connectivity index (χ3n) is 9.20. The number of aromatic nitrogens is 4. The summed E-state index contributed by atoms with van der Waals surface area (Å²) in [5, 5.41) is 7.57. The van der Waals surface area contributed by atoms with E-state index in [4.69, 9.17) is 19.6 Å². The Morgan fingerprint density at radius 1 is 0.706 bits per heavy atom. The van der Waals surface area contributed by atoms with Crippen LogP contribution in [-0.4, -0.2) is 26.4 Å². The predicted molar refractivity (Wildman–Crippen MR) is 203 cm³/mol. The van der Waals surface area contributed by atoms with E-state index in [1.807, 2.05) is 30.3 Å². The number of hydrogen-bond donors (Lipinski definition) is 0. The van der Waals surface area contributed by atoms with E-state index in [-0.39, 0.29) is 31.3 Å². The fraction of sp³-hybridized carbons (Fsp3) is 0.273. The molecule has 0 saturated carbocycles. The first kappa shape index (κ1) is 36.1. The molecule has 0 aliphatic rings. The first-order valence-corrected chi connectivity index (χ1v) is 17.1. The molecule has 3 heterocycles. The molecule has 51 heavy (non-hydrogen) atoms. The van der Waals surface area contributed by atoms with Crippen LogP contribution in [0.4, 0.5) is 0 Å². The topological polar surface area (TPSA) is 54.1 Å². The van der Waals surface area contributed by atoms with E-state index >= 15 is 0 Å². The van der Waals surface area contributed by atoms with Gasteiger partial charge >= 0.3 is 20.4 Å². The number of hydrogen-bond acceptors (Lipinski definition) is 4. The zero-order valence-electron chi connectivity index (χ0n) is 31.0. The summed E-state index contributed by atoms with van der Waals surface area (Å²) >= 11 is 0. The molecule has 3 aromatic heterocycles. The van der Waals surface area contributed by atoms with Crippen molar-refractivity contribution in [3.05, 3.63) is 125 Å². The number of methoxy groups -OCH3 is 1. The second kappa shape index (κ2) is 13.5. The molecule has 0 fully saturated rings. The van der Waals surface area contributed by atoms with Gasteiger partial charge in [0, 0.05) is 45.7 Å². The Labute approximate surface area is 315 Å². The van der Waals surface area contributed by atoms with Gasteiger partial charge in [-0.1, -0.05) is 90.4 Å². The van der Waals surface area contributed by atoms with Gasteiger partial charge in [-0.2, -0.15) is 16.7 Å². The van der Waals surface area contributed by atoms with Crippen LogP contribution >= 0.6 is 0 Å². The Kier molecular flexibility index (Phi) is 9.52. The molecule has 6 nitrogen and oxygen atoms in total. The molecule has 7 aromatic rings. The first-order valence-electron chi connectivity index (χ1n) is 17.1. The summed E-state index contributed by atoms with van der Waals surface area (Å²) in [5.74, 6) is 2.66. The van der Waals surface area contributed by atoms with Gasteiger partial charge in [0.05, 0.1) is 18.5 Å². The maximum Gasteiger partial charge on any atom is 2.00 e. The van der Waals surface area contributed by atoms with Crippen molar-refractivity contribution in [1.82, 2.24) is 19.3 Å². The van der Waals surface area contributed by atoms with Gasteiger partial charge in [-0.3, -0.25) is 4.68 Å². The van der Waals surface area contributed by atoms with Crippen LogP contribution < -0.4 is 9.47 Å². The van der Waals surface area contributed by atoms with Crippen LogP contribution in [0.3, 0.4) is 0 Å². The van der Waals surface area contributed by atoms with E-state index in [1.54, 1.807) is 13.3 Å². The zero-order valence-corrected chi connectivity index (χ0v) is 32.6. The molecule has 0 amide bonds. The van der Waals surface area contributed by atoms with E-state index in [9.17, 15) is 0 Å². The van der Waals surface area contributed by atoms with Gasteiger partial charge in [0.2, 0.25) is 0 Å². The number of nitrogens with zero attached hydrogens (tertiary/aromatic N) is 4. The second-order valence-corrected chi connectivity index (χ2v) is 15.3. The Balaban J connectivity index is 0.00000448. The van der Waals surface area contributed by atoms with E-state index in [1.165, 1.54) is 22.3 Å². The van der Waals surface area contributed by atoms with Gasteiger partial charge in [-0.15, -0.1) is 35.7 Å². The van der Waals surface area contributed by atoms with E-state index in [2.05, 4.69) is 132 Å². The number of benzene rings is 4. The fourth-order valence-electron chi connectivity index (χ4n) is 7.03. The van der Waals surface area contributed by atoms with Crippen molar-refractivity contribution in [2.75, 3.05) is 7.11 Å².